The molecule has 2 atom stereocenters. The van der Waals surface area contributed by atoms with Crippen molar-refractivity contribution < 1.29 is 19.1 Å². The Labute approximate surface area is 106 Å². The molecule has 0 bridgehead atoms. The topological polar surface area (TPSA) is 52.6 Å². The van der Waals surface area contributed by atoms with Crippen LogP contribution in [0.1, 0.15) is 25.7 Å². The second-order valence-corrected chi connectivity index (χ2v) is 4.48. The third-order valence-electron chi connectivity index (χ3n) is 2.35. The lowest BCUT2D eigenvalue weighted by molar-refractivity contribution is -0.180. The molecule has 6 heteroatoms. The van der Waals surface area contributed by atoms with E-state index in [1.165, 1.54) is 0 Å². The molecular formula is C10H16O4S2. The van der Waals surface area contributed by atoms with Gasteiger partial charge < -0.3 is 9.47 Å². The van der Waals surface area contributed by atoms with Gasteiger partial charge in [-0.2, -0.15) is 25.3 Å². The summed E-state index contributed by atoms with van der Waals surface area (Å²) in [5, 5.41) is 0. The van der Waals surface area contributed by atoms with E-state index in [0.717, 1.165) is 12.8 Å². The van der Waals surface area contributed by atoms with E-state index in [0.29, 0.717) is 11.5 Å². The maximum absolute atomic E-state index is 11.2. The largest absolute Gasteiger partial charge is 0.458 e. The molecule has 0 radical (unpaired) electrons. The molecule has 0 aromatic heterocycles. The van der Waals surface area contributed by atoms with Gasteiger partial charge in [-0.15, -0.1) is 0 Å². The van der Waals surface area contributed by atoms with E-state index in [1.54, 1.807) is 0 Å². The first-order chi connectivity index (χ1) is 7.67. The Balaban J connectivity index is 2.24. The van der Waals surface area contributed by atoms with Gasteiger partial charge in [-0.05, 0) is 12.8 Å². The Morgan fingerprint density at radius 2 is 1.31 bits per heavy atom. The average molecular weight is 264 g/mol. The average Bonchev–Trinajstić information content (AvgIpc) is 2.22. The fourth-order valence-corrected chi connectivity index (χ4v) is 1.71. The lowest BCUT2D eigenvalue weighted by Gasteiger charge is -2.34. The Kier molecular flexibility index (Phi) is 6.05. The zero-order valence-electron chi connectivity index (χ0n) is 8.92. The number of carbonyl (C=O) groups is 2. The zero-order chi connectivity index (χ0) is 12.0. The van der Waals surface area contributed by atoms with Crippen LogP contribution in [0.15, 0.2) is 0 Å². The van der Waals surface area contributed by atoms with Crippen molar-refractivity contribution >= 4 is 37.2 Å². The molecule has 0 saturated heterocycles. The molecule has 1 aliphatic carbocycles. The summed E-state index contributed by atoms with van der Waals surface area (Å²) in [6.45, 7) is 0. The molecule has 16 heavy (non-hydrogen) atoms. The maximum Gasteiger partial charge on any atom is 0.307 e. The Bertz CT molecular complexity index is 231. The lowest BCUT2D eigenvalue weighted by Crippen LogP contribution is -2.43. The molecule has 0 amide bonds. The zero-order valence-corrected chi connectivity index (χ0v) is 10.7. The standard InChI is InChI=1S/C10H16O4S2/c11-9(3-5-15)13-7-1-2-8(7)14-10(12)4-6-16/h7-8,15-16H,1-6H2. The van der Waals surface area contributed by atoms with Gasteiger partial charge in [0, 0.05) is 11.5 Å². The van der Waals surface area contributed by atoms with E-state index in [-0.39, 0.29) is 37.0 Å². The molecule has 1 rings (SSSR count). The number of ether oxygens (including phenoxy) is 2. The predicted molar refractivity (Wildman–Crippen MR) is 65.9 cm³/mol. The van der Waals surface area contributed by atoms with Crippen LogP contribution in [0, 0.1) is 0 Å². The molecule has 92 valence electrons. The minimum absolute atomic E-state index is 0.267. The summed E-state index contributed by atoms with van der Waals surface area (Å²) < 4.78 is 10.3. The smallest absolute Gasteiger partial charge is 0.307 e. The number of thiol groups is 2. The van der Waals surface area contributed by atoms with Crippen LogP contribution in [-0.2, 0) is 19.1 Å². The Morgan fingerprint density at radius 1 is 0.938 bits per heavy atom. The molecular weight excluding hydrogens is 248 g/mol. The van der Waals surface area contributed by atoms with Crippen molar-refractivity contribution in [2.24, 2.45) is 0 Å². The first kappa shape index (κ1) is 13.7. The molecule has 0 N–H and O–H groups in total. The molecule has 0 aromatic carbocycles. The van der Waals surface area contributed by atoms with Gasteiger partial charge >= 0.3 is 11.9 Å². The summed E-state index contributed by atoms with van der Waals surface area (Å²) in [4.78, 5) is 22.4. The van der Waals surface area contributed by atoms with Gasteiger partial charge in [0.15, 0.2) is 0 Å². The highest BCUT2D eigenvalue weighted by Gasteiger charge is 2.36. The molecule has 0 aliphatic heterocycles. The number of hydrogen-bond donors (Lipinski definition) is 2. The summed E-state index contributed by atoms with van der Waals surface area (Å²) in [5.74, 6) is 0.371. The van der Waals surface area contributed by atoms with Crippen LogP contribution in [0.3, 0.4) is 0 Å². The van der Waals surface area contributed by atoms with Gasteiger partial charge in [0.2, 0.25) is 0 Å². The third-order valence-corrected chi connectivity index (χ3v) is 2.80. The monoisotopic (exact) mass is 264 g/mol. The van der Waals surface area contributed by atoms with Gasteiger partial charge in [0.05, 0.1) is 12.8 Å². The van der Waals surface area contributed by atoms with Crippen LogP contribution in [0.4, 0.5) is 0 Å². The molecule has 0 spiro atoms. The molecule has 4 nitrogen and oxygen atoms in total. The SMILES string of the molecule is O=C(CCS)OC1CCC1OC(=O)CCS. The third kappa shape index (κ3) is 4.25. The van der Waals surface area contributed by atoms with E-state index >= 15 is 0 Å². The van der Waals surface area contributed by atoms with Crippen LogP contribution in [0.25, 0.3) is 0 Å². The first-order valence-electron chi connectivity index (χ1n) is 5.28. The first-order valence-corrected chi connectivity index (χ1v) is 6.54. The van der Waals surface area contributed by atoms with Crippen molar-refractivity contribution in [2.75, 3.05) is 11.5 Å². The minimum Gasteiger partial charge on any atom is -0.458 e. The molecule has 0 aromatic rings. The van der Waals surface area contributed by atoms with E-state index in [2.05, 4.69) is 25.3 Å². The van der Waals surface area contributed by atoms with Crippen LogP contribution < -0.4 is 0 Å². The Morgan fingerprint density at radius 3 is 1.56 bits per heavy atom. The van der Waals surface area contributed by atoms with Crippen LogP contribution in [-0.4, -0.2) is 35.7 Å². The van der Waals surface area contributed by atoms with Crippen molar-refractivity contribution in [1.82, 2.24) is 0 Å². The molecule has 0 heterocycles. The number of esters is 2. The fraction of sp³-hybridized carbons (Fsp3) is 0.800. The Hall–Kier alpha value is -0.360. The summed E-state index contributed by atoms with van der Waals surface area (Å²) in [6, 6.07) is 0. The van der Waals surface area contributed by atoms with Crippen molar-refractivity contribution in [3.63, 3.8) is 0 Å². The van der Waals surface area contributed by atoms with E-state index in [1.807, 2.05) is 0 Å². The molecule has 1 saturated carbocycles. The van der Waals surface area contributed by atoms with Gasteiger partial charge in [0.25, 0.3) is 0 Å². The van der Waals surface area contributed by atoms with Crippen molar-refractivity contribution in [2.45, 2.75) is 37.9 Å². The van der Waals surface area contributed by atoms with Crippen LogP contribution >= 0.6 is 25.3 Å². The van der Waals surface area contributed by atoms with Gasteiger partial charge in [-0.25, -0.2) is 0 Å². The van der Waals surface area contributed by atoms with E-state index < -0.39 is 0 Å². The molecule has 1 aliphatic rings. The molecule has 2 unspecified atom stereocenters. The number of hydrogen-bond acceptors (Lipinski definition) is 6. The predicted octanol–water partition coefficient (Wildman–Crippen LogP) is 1.24. The van der Waals surface area contributed by atoms with Gasteiger partial charge in [-0.3, -0.25) is 9.59 Å². The van der Waals surface area contributed by atoms with E-state index in [9.17, 15) is 9.59 Å². The minimum atomic E-state index is -0.282. The van der Waals surface area contributed by atoms with Crippen LogP contribution in [0.2, 0.25) is 0 Å². The highest BCUT2D eigenvalue weighted by molar-refractivity contribution is 7.80. The number of carbonyl (C=O) groups excluding carboxylic acids is 2. The lowest BCUT2D eigenvalue weighted by atomic mass is 9.91. The fourth-order valence-electron chi connectivity index (χ4n) is 1.35. The van der Waals surface area contributed by atoms with Gasteiger partial charge in [0.1, 0.15) is 12.2 Å². The quantitative estimate of drug-likeness (QED) is 0.560. The summed E-state index contributed by atoms with van der Waals surface area (Å²) in [5.41, 5.74) is 0. The maximum atomic E-state index is 11.2. The van der Waals surface area contributed by atoms with Crippen LogP contribution in [0.5, 0.6) is 0 Å². The van der Waals surface area contributed by atoms with Crippen molar-refractivity contribution in [1.29, 1.82) is 0 Å². The van der Waals surface area contributed by atoms with Crippen molar-refractivity contribution in [3.8, 4) is 0 Å². The number of rotatable bonds is 6. The highest BCUT2D eigenvalue weighted by Crippen LogP contribution is 2.27. The summed E-state index contributed by atoms with van der Waals surface area (Å²) >= 11 is 7.88. The normalized spacial score (nSPS) is 23.4. The molecule has 1 fully saturated rings. The van der Waals surface area contributed by atoms with Gasteiger partial charge in [-0.1, -0.05) is 0 Å². The second-order valence-electron chi connectivity index (χ2n) is 3.58. The summed E-state index contributed by atoms with van der Waals surface area (Å²) in [7, 11) is 0. The highest BCUT2D eigenvalue weighted by atomic mass is 32.1. The van der Waals surface area contributed by atoms with E-state index in [4.69, 9.17) is 9.47 Å². The van der Waals surface area contributed by atoms with Crippen molar-refractivity contribution in [3.05, 3.63) is 0 Å². The summed E-state index contributed by atoms with van der Waals surface area (Å²) in [6.07, 6.45) is 1.56. The second kappa shape index (κ2) is 7.06.